The second kappa shape index (κ2) is 13.9. The number of methoxy groups -OCH3 is 1. The Morgan fingerprint density at radius 1 is 1.15 bits per heavy atom. The molecule has 1 aliphatic heterocycles. The molecule has 1 heterocycles. The van der Waals surface area contributed by atoms with E-state index in [4.69, 9.17) is 14.2 Å². The van der Waals surface area contributed by atoms with Gasteiger partial charge in [0.25, 0.3) is 0 Å². The first-order chi connectivity index (χ1) is 15.9. The number of aliphatic hydroxyl groups excluding tert-OH is 2. The molecule has 188 valence electrons. The highest BCUT2D eigenvalue weighted by molar-refractivity contribution is 5.68. The van der Waals surface area contributed by atoms with Crippen LogP contribution < -0.4 is 5.32 Å². The number of hydrogen-bond acceptors (Lipinski definition) is 7. The van der Waals surface area contributed by atoms with Crippen molar-refractivity contribution in [3.8, 4) is 0 Å². The van der Waals surface area contributed by atoms with E-state index in [1.165, 1.54) is 7.11 Å². The number of alkyl carbamates (subject to hydrolysis) is 1. The number of unbranched alkanes of at least 4 members (excludes halogenated alkanes) is 4. The van der Waals surface area contributed by atoms with Crippen LogP contribution in [0.1, 0.15) is 70.8 Å². The molecule has 0 aliphatic carbocycles. The number of hydrogen-bond donors (Lipinski definition) is 4. The summed E-state index contributed by atoms with van der Waals surface area (Å²) in [6.45, 7) is 4.17. The second-order valence-corrected chi connectivity index (χ2v) is 8.84. The summed E-state index contributed by atoms with van der Waals surface area (Å²) < 4.78 is 16.6. The summed E-state index contributed by atoms with van der Waals surface area (Å²) in [6, 6.07) is 8.17. The fourth-order valence-electron chi connectivity index (χ4n) is 4.32. The van der Waals surface area contributed by atoms with Crippen molar-refractivity contribution in [2.45, 2.75) is 108 Å². The van der Waals surface area contributed by atoms with Crippen LogP contribution in [0.5, 0.6) is 0 Å². The zero-order valence-corrected chi connectivity index (χ0v) is 20.1. The van der Waals surface area contributed by atoms with Crippen molar-refractivity contribution < 1.29 is 34.3 Å². The molecule has 0 radical (unpaired) electrons. The third-order valence-corrected chi connectivity index (χ3v) is 6.31. The Hall–Kier alpha value is -1.71. The maximum absolute atomic E-state index is 12.6. The third kappa shape index (κ3) is 7.65. The number of nitrogens with one attached hydrogen (secondary N) is 1. The van der Waals surface area contributed by atoms with Gasteiger partial charge >= 0.3 is 6.09 Å². The Balaban J connectivity index is 2.16. The highest BCUT2D eigenvalue weighted by Gasteiger charge is 2.57. The van der Waals surface area contributed by atoms with Crippen LogP contribution in [0.2, 0.25) is 0 Å². The number of carbonyl (C=O) groups excluding carboxylic acids is 1. The monoisotopic (exact) mass is 467 g/mol. The van der Waals surface area contributed by atoms with Crippen LogP contribution in [0.25, 0.3) is 0 Å². The lowest BCUT2D eigenvalue weighted by Crippen LogP contribution is -2.73. The molecule has 1 aromatic rings. The molecule has 8 nitrogen and oxygen atoms in total. The molecule has 2 rings (SSSR count). The first kappa shape index (κ1) is 27.5. The van der Waals surface area contributed by atoms with Crippen LogP contribution in [0.3, 0.4) is 0 Å². The molecule has 1 amide bonds. The average Bonchev–Trinajstić information content (AvgIpc) is 2.82. The van der Waals surface area contributed by atoms with E-state index in [1.807, 2.05) is 37.3 Å². The van der Waals surface area contributed by atoms with Crippen molar-refractivity contribution in [2.24, 2.45) is 0 Å². The minimum Gasteiger partial charge on any atom is -0.445 e. The van der Waals surface area contributed by atoms with E-state index in [9.17, 15) is 20.1 Å². The van der Waals surface area contributed by atoms with Crippen molar-refractivity contribution >= 4 is 6.09 Å². The van der Waals surface area contributed by atoms with Gasteiger partial charge in [0.05, 0.1) is 6.10 Å². The Bertz CT molecular complexity index is 689. The van der Waals surface area contributed by atoms with Crippen LogP contribution in [-0.4, -0.2) is 64.8 Å². The summed E-state index contributed by atoms with van der Waals surface area (Å²) in [5, 5.41) is 36.1. The SMILES string of the molecule is CCCCCC(O)[C@H]1O[C@H](OC)[C@@H](NC(=O)OCc2ccccc2)[C@](O)(CCCCC)[C@@H]1O. The van der Waals surface area contributed by atoms with E-state index < -0.39 is 42.3 Å². The normalized spacial score (nSPS) is 28.3. The van der Waals surface area contributed by atoms with Crippen LogP contribution >= 0.6 is 0 Å². The van der Waals surface area contributed by atoms with E-state index in [1.54, 1.807) is 0 Å². The lowest BCUT2D eigenvalue weighted by atomic mass is 9.76. The number of benzene rings is 1. The van der Waals surface area contributed by atoms with Gasteiger partial charge in [0.2, 0.25) is 0 Å². The third-order valence-electron chi connectivity index (χ3n) is 6.31. The van der Waals surface area contributed by atoms with Crippen molar-refractivity contribution in [1.29, 1.82) is 0 Å². The van der Waals surface area contributed by atoms with Crippen molar-refractivity contribution in [3.63, 3.8) is 0 Å². The van der Waals surface area contributed by atoms with Gasteiger partial charge in [0.1, 0.15) is 30.5 Å². The highest BCUT2D eigenvalue weighted by atomic mass is 16.7. The highest BCUT2D eigenvalue weighted by Crippen LogP contribution is 2.36. The first-order valence-electron chi connectivity index (χ1n) is 12.1. The minimum absolute atomic E-state index is 0.0630. The molecule has 0 bridgehead atoms. The minimum atomic E-state index is -1.75. The average molecular weight is 468 g/mol. The Labute approximate surface area is 197 Å². The fraction of sp³-hybridized carbons (Fsp3) is 0.720. The number of ether oxygens (including phenoxy) is 3. The zero-order valence-electron chi connectivity index (χ0n) is 20.1. The van der Waals surface area contributed by atoms with Crippen LogP contribution in [0.4, 0.5) is 4.79 Å². The molecule has 0 saturated carbocycles. The standard InChI is InChI=1S/C25H41NO7/c1-4-6-9-15-19(27)20-22(28)25(30,16-12-7-5-2)21(23(31-3)33-20)26-24(29)32-17-18-13-10-8-11-14-18/h8,10-11,13-14,19-23,27-28,30H,4-7,9,12,15-17H2,1-3H3,(H,26,29)/t19?,20-,21-,22-,23+,25-/m1/s1. The molecular weight excluding hydrogens is 426 g/mol. The number of carbonyl (C=O) groups is 1. The summed E-state index contributed by atoms with van der Waals surface area (Å²) >= 11 is 0. The van der Waals surface area contributed by atoms with Crippen LogP contribution in [-0.2, 0) is 20.8 Å². The van der Waals surface area contributed by atoms with Gasteiger partial charge in [-0.15, -0.1) is 0 Å². The lowest BCUT2D eigenvalue weighted by molar-refractivity contribution is -0.305. The van der Waals surface area contributed by atoms with Crippen molar-refractivity contribution in [1.82, 2.24) is 5.32 Å². The van der Waals surface area contributed by atoms with Crippen molar-refractivity contribution in [3.05, 3.63) is 35.9 Å². The van der Waals surface area contributed by atoms with Gasteiger partial charge in [-0.1, -0.05) is 82.7 Å². The smallest absolute Gasteiger partial charge is 0.407 e. The summed E-state index contributed by atoms with van der Waals surface area (Å²) in [4.78, 5) is 12.6. The molecule has 1 aromatic carbocycles. The predicted octanol–water partition coefficient (Wildman–Crippen LogP) is 3.27. The zero-order chi connectivity index (χ0) is 24.3. The fourth-order valence-corrected chi connectivity index (χ4v) is 4.32. The number of rotatable bonds is 13. The van der Waals surface area contributed by atoms with Gasteiger partial charge < -0.3 is 34.8 Å². The van der Waals surface area contributed by atoms with Crippen molar-refractivity contribution in [2.75, 3.05) is 7.11 Å². The Morgan fingerprint density at radius 2 is 1.82 bits per heavy atom. The largest absolute Gasteiger partial charge is 0.445 e. The van der Waals surface area contributed by atoms with E-state index >= 15 is 0 Å². The topological polar surface area (TPSA) is 117 Å². The molecule has 6 atom stereocenters. The predicted molar refractivity (Wildman–Crippen MR) is 124 cm³/mol. The van der Waals surface area contributed by atoms with Gasteiger partial charge in [-0.2, -0.15) is 0 Å². The molecule has 1 saturated heterocycles. The van der Waals surface area contributed by atoms with Crippen LogP contribution in [0, 0.1) is 0 Å². The number of aliphatic hydroxyl groups is 3. The Morgan fingerprint density at radius 3 is 2.45 bits per heavy atom. The molecule has 0 spiro atoms. The summed E-state index contributed by atoms with van der Waals surface area (Å²) in [5.41, 5.74) is -0.930. The van der Waals surface area contributed by atoms with Crippen LogP contribution in [0.15, 0.2) is 30.3 Å². The van der Waals surface area contributed by atoms with Gasteiger partial charge in [0, 0.05) is 7.11 Å². The van der Waals surface area contributed by atoms with Gasteiger partial charge in [-0.05, 0) is 18.4 Å². The van der Waals surface area contributed by atoms with E-state index in [0.717, 1.165) is 37.7 Å². The maximum atomic E-state index is 12.6. The maximum Gasteiger partial charge on any atom is 0.407 e. The van der Waals surface area contributed by atoms with Gasteiger partial charge in [0.15, 0.2) is 6.29 Å². The number of amides is 1. The molecule has 1 fully saturated rings. The molecule has 8 heteroatoms. The second-order valence-electron chi connectivity index (χ2n) is 8.84. The summed E-state index contributed by atoms with van der Waals surface area (Å²) in [5.74, 6) is 0. The van der Waals surface area contributed by atoms with E-state index in [0.29, 0.717) is 12.8 Å². The molecule has 0 aromatic heterocycles. The summed E-state index contributed by atoms with van der Waals surface area (Å²) in [6.07, 6.45) is 0.584. The van der Waals surface area contributed by atoms with Gasteiger partial charge in [-0.3, -0.25) is 0 Å². The Kier molecular flexibility index (Phi) is 11.6. The van der Waals surface area contributed by atoms with Gasteiger partial charge in [-0.25, -0.2) is 4.79 Å². The molecule has 1 unspecified atom stereocenters. The molecular formula is C25H41NO7. The molecule has 33 heavy (non-hydrogen) atoms. The van der Waals surface area contributed by atoms with E-state index in [2.05, 4.69) is 12.2 Å². The molecule has 4 N–H and O–H groups in total. The lowest BCUT2D eigenvalue weighted by Gasteiger charge is -2.51. The first-order valence-corrected chi connectivity index (χ1v) is 12.1. The molecule has 1 aliphatic rings. The van der Waals surface area contributed by atoms with E-state index in [-0.39, 0.29) is 13.0 Å². The summed E-state index contributed by atoms with van der Waals surface area (Å²) in [7, 11) is 1.40. The quantitative estimate of drug-likeness (QED) is 0.329.